The predicted octanol–water partition coefficient (Wildman–Crippen LogP) is 3.33. The third-order valence-electron chi connectivity index (χ3n) is 4.89. The van der Waals surface area contributed by atoms with Crippen LogP contribution in [-0.2, 0) is 9.47 Å². The summed E-state index contributed by atoms with van der Waals surface area (Å²) in [6.07, 6.45) is -0.696. The van der Waals surface area contributed by atoms with Gasteiger partial charge in [0, 0.05) is 38.8 Å². The van der Waals surface area contributed by atoms with Gasteiger partial charge in [-0.1, -0.05) is 0 Å². The molecule has 1 heterocycles. The number of guanidine groups is 1. The van der Waals surface area contributed by atoms with E-state index >= 15 is 0 Å². The molecule has 5 nitrogen and oxygen atoms in total. The van der Waals surface area contributed by atoms with Crippen molar-refractivity contribution in [3.05, 3.63) is 0 Å². The molecular formula is C17H31F3IN3O2. The molecule has 0 bridgehead atoms. The van der Waals surface area contributed by atoms with Gasteiger partial charge in [-0.3, -0.25) is 4.99 Å². The Morgan fingerprint density at radius 3 is 2.50 bits per heavy atom. The van der Waals surface area contributed by atoms with Gasteiger partial charge in [0.1, 0.15) is 0 Å². The van der Waals surface area contributed by atoms with Gasteiger partial charge in [0.25, 0.3) is 0 Å². The summed E-state index contributed by atoms with van der Waals surface area (Å²) in [4.78, 5) is 4.15. The monoisotopic (exact) mass is 493 g/mol. The predicted molar refractivity (Wildman–Crippen MR) is 106 cm³/mol. The Bertz CT molecular complexity index is 411. The SMILES string of the molecule is CN=C(NCCCOCC1CCOC1)NC1CCC(C(F)(F)F)CC1.I. The van der Waals surface area contributed by atoms with E-state index in [2.05, 4.69) is 15.6 Å². The van der Waals surface area contributed by atoms with Gasteiger partial charge in [0.2, 0.25) is 0 Å². The number of aliphatic imine (C=N–C) groups is 1. The number of hydrogen-bond donors (Lipinski definition) is 2. The first kappa shape index (κ1) is 23.7. The number of nitrogens with one attached hydrogen (secondary N) is 2. The molecule has 0 radical (unpaired) electrons. The molecule has 154 valence electrons. The van der Waals surface area contributed by atoms with Gasteiger partial charge in [-0.05, 0) is 38.5 Å². The standard InChI is InChI=1S/C17H30F3N3O2.HI/c1-21-16(22-8-2-9-24-11-13-7-10-25-12-13)23-15-5-3-14(4-6-15)17(18,19)20;/h13-15H,2-12H2,1H3,(H2,21,22,23);1H. The minimum absolute atomic E-state index is 0. The molecule has 2 aliphatic rings. The largest absolute Gasteiger partial charge is 0.391 e. The summed E-state index contributed by atoms with van der Waals surface area (Å²) in [5.74, 6) is 0.0248. The highest BCUT2D eigenvalue weighted by atomic mass is 127. The molecule has 1 unspecified atom stereocenters. The smallest absolute Gasteiger partial charge is 0.381 e. The van der Waals surface area contributed by atoms with Crippen molar-refractivity contribution in [2.45, 2.75) is 50.7 Å². The van der Waals surface area contributed by atoms with Crippen molar-refractivity contribution >= 4 is 29.9 Å². The second-order valence-electron chi connectivity index (χ2n) is 6.89. The second kappa shape index (κ2) is 12.2. The molecular weight excluding hydrogens is 462 g/mol. The van der Waals surface area contributed by atoms with Crippen LogP contribution in [0.2, 0.25) is 0 Å². The van der Waals surface area contributed by atoms with Crippen LogP contribution in [-0.4, -0.2) is 58.2 Å². The first-order valence-electron chi connectivity index (χ1n) is 9.18. The molecule has 0 aromatic rings. The van der Waals surface area contributed by atoms with Crippen molar-refractivity contribution < 1.29 is 22.6 Å². The molecule has 1 saturated heterocycles. The first-order valence-corrected chi connectivity index (χ1v) is 9.18. The lowest BCUT2D eigenvalue weighted by Crippen LogP contribution is -2.46. The third kappa shape index (κ3) is 8.60. The lowest BCUT2D eigenvalue weighted by atomic mass is 9.85. The third-order valence-corrected chi connectivity index (χ3v) is 4.89. The van der Waals surface area contributed by atoms with E-state index in [0.717, 1.165) is 39.2 Å². The number of nitrogens with zero attached hydrogens (tertiary/aromatic N) is 1. The van der Waals surface area contributed by atoms with Crippen LogP contribution in [0.15, 0.2) is 4.99 Å². The number of alkyl halides is 3. The van der Waals surface area contributed by atoms with Crippen molar-refractivity contribution in [1.29, 1.82) is 0 Å². The number of rotatable bonds is 7. The lowest BCUT2D eigenvalue weighted by molar-refractivity contribution is -0.182. The Labute approximate surface area is 170 Å². The molecule has 2 N–H and O–H groups in total. The molecule has 0 amide bonds. The molecule has 1 aliphatic heterocycles. The van der Waals surface area contributed by atoms with E-state index in [1.165, 1.54) is 0 Å². The van der Waals surface area contributed by atoms with Gasteiger partial charge in [-0.2, -0.15) is 13.2 Å². The van der Waals surface area contributed by atoms with Crippen LogP contribution >= 0.6 is 24.0 Å². The van der Waals surface area contributed by atoms with Crippen LogP contribution in [0.3, 0.4) is 0 Å². The van der Waals surface area contributed by atoms with Gasteiger partial charge in [0.15, 0.2) is 5.96 Å². The van der Waals surface area contributed by atoms with E-state index in [1.807, 2.05) is 0 Å². The van der Waals surface area contributed by atoms with Gasteiger partial charge < -0.3 is 20.1 Å². The van der Waals surface area contributed by atoms with Crippen molar-refractivity contribution in [3.8, 4) is 0 Å². The minimum Gasteiger partial charge on any atom is -0.381 e. The fraction of sp³-hybridized carbons (Fsp3) is 0.941. The molecule has 0 aromatic carbocycles. The normalized spacial score (nSPS) is 27.1. The van der Waals surface area contributed by atoms with Gasteiger partial charge in [0.05, 0.1) is 19.1 Å². The van der Waals surface area contributed by atoms with Gasteiger partial charge in [-0.25, -0.2) is 0 Å². The van der Waals surface area contributed by atoms with E-state index in [4.69, 9.17) is 9.47 Å². The average Bonchev–Trinajstić information content (AvgIpc) is 3.10. The van der Waals surface area contributed by atoms with Crippen LogP contribution in [0.4, 0.5) is 13.2 Å². The van der Waals surface area contributed by atoms with Crippen molar-refractivity contribution in [2.24, 2.45) is 16.8 Å². The lowest BCUT2D eigenvalue weighted by Gasteiger charge is -2.31. The van der Waals surface area contributed by atoms with E-state index in [-0.39, 0.29) is 42.9 Å². The zero-order chi connectivity index (χ0) is 18.1. The fourth-order valence-corrected chi connectivity index (χ4v) is 3.30. The van der Waals surface area contributed by atoms with E-state index in [9.17, 15) is 13.2 Å². The maximum Gasteiger partial charge on any atom is 0.391 e. The molecule has 26 heavy (non-hydrogen) atoms. The zero-order valence-electron chi connectivity index (χ0n) is 15.3. The summed E-state index contributed by atoms with van der Waals surface area (Å²) in [6, 6.07) is 0.0587. The highest BCUT2D eigenvalue weighted by Crippen LogP contribution is 2.37. The summed E-state index contributed by atoms with van der Waals surface area (Å²) < 4.78 is 49.0. The summed E-state index contributed by atoms with van der Waals surface area (Å²) in [6.45, 7) is 3.78. The second-order valence-corrected chi connectivity index (χ2v) is 6.89. The van der Waals surface area contributed by atoms with Crippen LogP contribution < -0.4 is 10.6 Å². The number of halogens is 4. The van der Waals surface area contributed by atoms with Crippen LogP contribution in [0.1, 0.15) is 38.5 Å². The topological polar surface area (TPSA) is 54.9 Å². The fourth-order valence-electron chi connectivity index (χ4n) is 3.30. The van der Waals surface area contributed by atoms with Crippen molar-refractivity contribution in [2.75, 3.05) is 40.0 Å². The Hall–Kier alpha value is -0.290. The number of ether oxygens (including phenoxy) is 2. The number of hydrogen-bond acceptors (Lipinski definition) is 3. The van der Waals surface area contributed by atoms with Crippen LogP contribution in [0.5, 0.6) is 0 Å². The van der Waals surface area contributed by atoms with Gasteiger partial charge in [-0.15, -0.1) is 24.0 Å². The summed E-state index contributed by atoms with van der Waals surface area (Å²) in [5.41, 5.74) is 0. The van der Waals surface area contributed by atoms with Crippen molar-refractivity contribution in [1.82, 2.24) is 10.6 Å². The summed E-state index contributed by atoms with van der Waals surface area (Å²) >= 11 is 0. The maximum atomic E-state index is 12.7. The van der Waals surface area contributed by atoms with Crippen LogP contribution in [0, 0.1) is 11.8 Å². The molecule has 2 rings (SSSR count). The zero-order valence-corrected chi connectivity index (χ0v) is 17.6. The van der Waals surface area contributed by atoms with Gasteiger partial charge >= 0.3 is 6.18 Å². The van der Waals surface area contributed by atoms with E-state index in [0.29, 0.717) is 31.3 Å². The molecule has 2 fully saturated rings. The first-order chi connectivity index (χ1) is 12.0. The van der Waals surface area contributed by atoms with E-state index in [1.54, 1.807) is 7.05 Å². The quantitative estimate of drug-likeness (QED) is 0.247. The molecule has 1 aliphatic carbocycles. The molecule has 1 atom stereocenters. The Morgan fingerprint density at radius 1 is 1.19 bits per heavy atom. The Balaban J connectivity index is 0.00000338. The average molecular weight is 493 g/mol. The Morgan fingerprint density at radius 2 is 1.92 bits per heavy atom. The van der Waals surface area contributed by atoms with Crippen LogP contribution in [0.25, 0.3) is 0 Å². The molecule has 9 heteroatoms. The van der Waals surface area contributed by atoms with Crippen molar-refractivity contribution in [3.63, 3.8) is 0 Å². The summed E-state index contributed by atoms with van der Waals surface area (Å²) in [5, 5.41) is 6.43. The maximum absolute atomic E-state index is 12.7. The molecule has 1 saturated carbocycles. The molecule has 0 spiro atoms. The highest BCUT2D eigenvalue weighted by molar-refractivity contribution is 14.0. The minimum atomic E-state index is -4.06. The Kier molecular flexibility index (Phi) is 11.2. The molecule has 0 aromatic heterocycles. The van der Waals surface area contributed by atoms with E-state index < -0.39 is 12.1 Å². The summed E-state index contributed by atoms with van der Waals surface area (Å²) in [7, 11) is 1.67. The highest BCUT2D eigenvalue weighted by Gasteiger charge is 2.41.